The standard InChI is InChI=1S/C12H16FN3O3S/c1-10(17)15-6-8-16(9-7-15)20(18,19)14-12-4-2-11(13)3-5-12/h2-5,14H,6-9H2,1H3. The first-order valence-corrected chi connectivity index (χ1v) is 7.61. The SMILES string of the molecule is CC(=O)N1CCN(S(=O)(=O)Nc2ccc(F)cc2)CC1. The minimum atomic E-state index is -3.68. The lowest BCUT2D eigenvalue weighted by molar-refractivity contribution is -0.129. The molecule has 1 aromatic carbocycles. The van der Waals surface area contributed by atoms with Crippen LogP contribution in [0.4, 0.5) is 10.1 Å². The van der Waals surface area contributed by atoms with Gasteiger partial charge in [-0.05, 0) is 24.3 Å². The highest BCUT2D eigenvalue weighted by atomic mass is 32.2. The molecule has 1 N–H and O–H groups in total. The third kappa shape index (κ3) is 3.45. The zero-order chi connectivity index (χ0) is 14.8. The molecule has 0 aliphatic carbocycles. The van der Waals surface area contributed by atoms with Crippen molar-refractivity contribution in [1.29, 1.82) is 0 Å². The number of anilines is 1. The second-order valence-electron chi connectivity index (χ2n) is 4.52. The van der Waals surface area contributed by atoms with Gasteiger partial charge in [-0.25, -0.2) is 4.39 Å². The van der Waals surface area contributed by atoms with E-state index in [9.17, 15) is 17.6 Å². The van der Waals surface area contributed by atoms with E-state index in [2.05, 4.69) is 4.72 Å². The van der Waals surface area contributed by atoms with Crippen LogP contribution in [0.2, 0.25) is 0 Å². The predicted molar refractivity (Wildman–Crippen MR) is 72.8 cm³/mol. The molecule has 0 atom stereocenters. The lowest BCUT2D eigenvalue weighted by atomic mass is 10.3. The maximum atomic E-state index is 12.8. The Kier molecular flexibility index (Phi) is 4.24. The predicted octanol–water partition coefficient (Wildman–Crippen LogP) is 0.646. The van der Waals surface area contributed by atoms with Crippen LogP contribution in [0.3, 0.4) is 0 Å². The monoisotopic (exact) mass is 301 g/mol. The molecule has 2 rings (SSSR count). The zero-order valence-corrected chi connectivity index (χ0v) is 11.9. The molecule has 1 heterocycles. The average molecular weight is 301 g/mol. The third-order valence-corrected chi connectivity index (χ3v) is 4.65. The second kappa shape index (κ2) is 5.76. The topological polar surface area (TPSA) is 69.7 Å². The molecule has 0 spiro atoms. The van der Waals surface area contributed by atoms with Crippen LogP contribution in [0.15, 0.2) is 24.3 Å². The molecule has 1 saturated heterocycles. The van der Waals surface area contributed by atoms with Gasteiger partial charge in [-0.2, -0.15) is 12.7 Å². The van der Waals surface area contributed by atoms with Crippen molar-refractivity contribution in [3.63, 3.8) is 0 Å². The van der Waals surface area contributed by atoms with Crippen LogP contribution in [0.5, 0.6) is 0 Å². The molecule has 1 aromatic rings. The summed E-state index contributed by atoms with van der Waals surface area (Å²) in [6.45, 7) is 2.70. The minimum Gasteiger partial charge on any atom is -0.340 e. The number of carbonyl (C=O) groups excluding carboxylic acids is 1. The molecule has 0 unspecified atom stereocenters. The Labute approximate surface area is 117 Å². The van der Waals surface area contributed by atoms with Gasteiger partial charge in [-0.3, -0.25) is 9.52 Å². The smallest absolute Gasteiger partial charge is 0.301 e. The quantitative estimate of drug-likeness (QED) is 0.891. The van der Waals surface area contributed by atoms with Crippen LogP contribution in [-0.2, 0) is 15.0 Å². The molecule has 0 saturated carbocycles. The average Bonchev–Trinajstić information content (AvgIpc) is 2.41. The van der Waals surface area contributed by atoms with E-state index in [1.807, 2.05) is 0 Å². The summed E-state index contributed by atoms with van der Waals surface area (Å²) in [4.78, 5) is 12.8. The molecule has 0 radical (unpaired) electrons. The van der Waals surface area contributed by atoms with E-state index < -0.39 is 16.0 Å². The number of amides is 1. The molecule has 1 fully saturated rings. The van der Waals surface area contributed by atoms with Crippen LogP contribution in [0.25, 0.3) is 0 Å². The van der Waals surface area contributed by atoms with E-state index in [4.69, 9.17) is 0 Å². The number of benzene rings is 1. The third-order valence-electron chi connectivity index (χ3n) is 3.11. The lowest BCUT2D eigenvalue weighted by Gasteiger charge is -2.33. The molecule has 1 amide bonds. The number of halogens is 1. The van der Waals surface area contributed by atoms with Gasteiger partial charge < -0.3 is 4.90 Å². The van der Waals surface area contributed by atoms with E-state index in [-0.39, 0.29) is 19.0 Å². The van der Waals surface area contributed by atoms with Crippen molar-refractivity contribution in [2.75, 3.05) is 30.9 Å². The molecule has 0 aromatic heterocycles. The summed E-state index contributed by atoms with van der Waals surface area (Å²) >= 11 is 0. The van der Waals surface area contributed by atoms with Crippen molar-refractivity contribution in [2.45, 2.75) is 6.92 Å². The van der Waals surface area contributed by atoms with Crippen molar-refractivity contribution in [1.82, 2.24) is 9.21 Å². The van der Waals surface area contributed by atoms with E-state index in [0.29, 0.717) is 18.8 Å². The fourth-order valence-electron chi connectivity index (χ4n) is 1.97. The van der Waals surface area contributed by atoms with Crippen LogP contribution < -0.4 is 4.72 Å². The van der Waals surface area contributed by atoms with Crippen molar-refractivity contribution >= 4 is 21.8 Å². The molecule has 0 bridgehead atoms. The molecule has 110 valence electrons. The number of carbonyl (C=O) groups is 1. The summed E-state index contributed by atoms with van der Waals surface area (Å²) in [5, 5.41) is 0. The zero-order valence-electron chi connectivity index (χ0n) is 11.0. The Balaban J connectivity index is 2.01. The minimum absolute atomic E-state index is 0.0615. The normalized spacial score (nSPS) is 17.0. The first-order chi connectivity index (χ1) is 9.38. The molecule has 1 aliphatic heterocycles. The molecular weight excluding hydrogens is 285 g/mol. The van der Waals surface area contributed by atoms with Crippen molar-refractivity contribution in [3.8, 4) is 0 Å². The number of hydrogen-bond donors (Lipinski definition) is 1. The van der Waals surface area contributed by atoms with Crippen molar-refractivity contribution in [2.24, 2.45) is 0 Å². The van der Waals surface area contributed by atoms with E-state index in [0.717, 1.165) is 0 Å². The van der Waals surface area contributed by atoms with Gasteiger partial charge in [0, 0.05) is 38.8 Å². The van der Waals surface area contributed by atoms with Crippen molar-refractivity contribution in [3.05, 3.63) is 30.1 Å². The largest absolute Gasteiger partial charge is 0.340 e. The fraction of sp³-hybridized carbons (Fsp3) is 0.417. The maximum absolute atomic E-state index is 12.8. The Morgan fingerprint density at radius 3 is 2.20 bits per heavy atom. The maximum Gasteiger partial charge on any atom is 0.301 e. The highest BCUT2D eigenvalue weighted by Gasteiger charge is 2.27. The highest BCUT2D eigenvalue weighted by molar-refractivity contribution is 7.90. The summed E-state index contributed by atoms with van der Waals surface area (Å²) in [6, 6.07) is 5.09. The molecule has 8 heteroatoms. The number of hydrogen-bond acceptors (Lipinski definition) is 3. The Morgan fingerprint density at radius 2 is 1.70 bits per heavy atom. The van der Waals surface area contributed by atoms with Gasteiger partial charge in [0.2, 0.25) is 5.91 Å². The van der Waals surface area contributed by atoms with Crippen LogP contribution in [0.1, 0.15) is 6.92 Å². The Hall–Kier alpha value is -1.67. The summed E-state index contributed by atoms with van der Waals surface area (Å²) in [5.74, 6) is -0.489. The van der Waals surface area contributed by atoms with Crippen molar-refractivity contribution < 1.29 is 17.6 Å². The number of piperazine rings is 1. The molecule has 20 heavy (non-hydrogen) atoms. The lowest BCUT2D eigenvalue weighted by Crippen LogP contribution is -2.51. The summed E-state index contributed by atoms with van der Waals surface area (Å²) in [7, 11) is -3.68. The first-order valence-electron chi connectivity index (χ1n) is 6.17. The van der Waals surface area contributed by atoms with E-state index >= 15 is 0 Å². The van der Waals surface area contributed by atoms with Gasteiger partial charge in [0.1, 0.15) is 5.82 Å². The summed E-state index contributed by atoms with van der Waals surface area (Å²) in [6.07, 6.45) is 0. The van der Waals surface area contributed by atoms with Crippen LogP contribution in [-0.4, -0.2) is 49.7 Å². The van der Waals surface area contributed by atoms with Gasteiger partial charge in [-0.1, -0.05) is 0 Å². The van der Waals surface area contributed by atoms with Crippen LogP contribution >= 0.6 is 0 Å². The molecular formula is C12H16FN3O3S. The van der Waals surface area contributed by atoms with E-state index in [1.165, 1.54) is 35.5 Å². The highest BCUT2D eigenvalue weighted by Crippen LogP contribution is 2.14. The molecule has 1 aliphatic rings. The molecule has 6 nitrogen and oxygen atoms in total. The number of rotatable bonds is 3. The van der Waals surface area contributed by atoms with E-state index in [1.54, 1.807) is 4.90 Å². The number of nitrogens with one attached hydrogen (secondary N) is 1. The first kappa shape index (κ1) is 14.7. The van der Waals surface area contributed by atoms with Gasteiger partial charge >= 0.3 is 10.2 Å². The van der Waals surface area contributed by atoms with Gasteiger partial charge in [0.15, 0.2) is 0 Å². The van der Waals surface area contributed by atoms with Gasteiger partial charge in [-0.15, -0.1) is 0 Å². The van der Waals surface area contributed by atoms with Crippen LogP contribution in [0, 0.1) is 5.82 Å². The number of nitrogens with zero attached hydrogens (tertiary/aromatic N) is 2. The second-order valence-corrected chi connectivity index (χ2v) is 6.19. The summed E-state index contributed by atoms with van der Waals surface area (Å²) in [5.41, 5.74) is 0.306. The Bertz CT molecular complexity index is 580. The fourth-order valence-corrected chi connectivity index (χ4v) is 3.18. The van der Waals surface area contributed by atoms with Gasteiger partial charge in [0.05, 0.1) is 0 Å². The summed E-state index contributed by atoms with van der Waals surface area (Å²) < 4.78 is 40.7. The Morgan fingerprint density at radius 1 is 1.15 bits per heavy atom. The van der Waals surface area contributed by atoms with Gasteiger partial charge in [0.25, 0.3) is 0 Å².